The number of hydrogen-bond donors (Lipinski definition) is 2. The van der Waals surface area contributed by atoms with Crippen LogP contribution in [0.15, 0.2) is 30.5 Å². The molecule has 1 aliphatic heterocycles. The van der Waals surface area contributed by atoms with Crippen molar-refractivity contribution in [2.24, 2.45) is 0 Å². The van der Waals surface area contributed by atoms with E-state index in [1.54, 1.807) is 18.3 Å². The van der Waals surface area contributed by atoms with Gasteiger partial charge < -0.3 is 16.0 Å². The van der Waals surface area contributed by atoms with Gasteiger partial charge in [-0.3, -0.25) is 0 Å². The lowest BCUT2D eigenvalue weighted by Crippen LogP contribution is -2.43. The maximum atomic E-state index is 13.1. The lowest BCUT2D eigenvalue weighted by atomic mass is 10.1. The minimum Gasteiger partial charge on any atom is -0.368 e. The summed E-state index contributed by atoms with van der Waals surface area (Å²) in [5.74, 6) is -0.0392. The number of piperazine rings is 1. The van der Waals surface area contributed by atoms with E-state index in [0.717, 1.165) is 43.1 Å². The standard InChI is InChI=1S/C14H16FN5/c15-11-3-1-10(2-4-11)13-12(9-18-14(16)19-13)20-7-5-17-6-8-20/h1-4,9,17H,5-8H2,(H2,16,18,19). The number of aromatic nitrogens is 2. The highest BCUT2D eigenvalue weighted by Gasteiger charge is 2.17. The third-order valence-electron chi connectivity index (χ3n) is 3.36. The highest BCUT2D eigenvalue weighted by molar-refractivity contribution is 5.75. The second kappa shape index (κ2) is 5.42. The molecule has 3 rings (SSSR count). The van der Waals surface area contributed by atoms with E-state index in [2.05, 4.69) is 20.2 Å². The lowest BCUT2D eigenvalue weighted by molar-refractivity contribution is 0.588. The summed E-state index contributed by atoms with van der Waals surface area (Å²) >= 11 is 0. The fraction of sp³-hybridized carbons (Fsp3) is 0.286. The van der Waals surface area contributed by atoms with Crippen molar-refractivity contribution in [2.75, 3.05) is 36.8 Å². The SMILES string of the molecule is Nc1ncc(N2CCNCC2)c(-c2ccc(F)cc2)n1. The second-order valence-electron chi connectivity index (χ2n) is 4.71. The zero-order chi connectivity index (χ0) is 13.9. The van der Waals surface area contributed by atoms with E-state index in [0.29, 0.717) is 0 Å². The molecule has 0 amide bonds. The molecule has 6 heteroatoms. The van der Waals surface area contributed by atoms with Crippen molar-refractivity contribution in [2.45, 2.75) is 0 Å². The summed E-state index contributed by atoms with van der Waals surface area (Å²) in [5.41, 5.74) is 8.23. The summed E-state index contributed by atoms with van der Waals surface area (Å²) in [6.45, 7) is 3.63. The van der Waals surface area contributed by atoms with Crippen LogP contribution >= 0.6 is 0 Å². The molecule has 0 saturated carbocycles. The van der Waals surface area contributed by atoms with Gasteiger partial charge in [-0.25, -0.2) is 14.4 Å². The van der Waals surface area contributed by atoms with E-state index in [9.17, 15) is 4.39 Å². The predicted molar refractivity (Wildman–Crippen MR) is 76.9 cm³/mol. The molecule has 20 heavy (non-hydrogen) atoms. The number of anilines is 2. The third kappa shape index (κ3) is 2.55. The van der Waals surface area contributed by atoms with Gasteiger partial charge in [-0.1, -0.05) is 0 Å². The summed E-state index contributed by atoms with van der Waals surface area (Å²) in [6.07, 6.45) is 1.74. The number of nitrogen functional groups attached to an aromatic ring is 1. The van der Waals surface area contributed by atoms with Crippen molar-refractivity contribution in [3.8, 4) is 11.3 Å². The monoisotopic (exact) mass is 273 g/mol. The predicted octanol–water partition coefficient (Wildman–Crippen LogP) is 1.27. The second-order valence-corrected chi connectivity index (χ2v) is 4.71. The molecule has 1 saturated heterocycles. The first-order valence-corrected chi connectivity index (χ1v) is 6.58. The molecule has 0 unspecified atom stereocenters. The maximum Gasteiger partial charge on any atom is 0.220 e. The summed E-state index contributed by atoms with van der Waals surface area (Å²) in [7, 11) is 0. The Bertz CT molecular complexity index is 593. The Balaban J connectivity index is 2.03. The van der Waals surface area contributed by atoms with Crippen molar-refractivity contribution < 1.29 is 4.39 Å². The molecule has 2 aromatic rings. The van der Waals surface area contributed by atoms with Gasteiger partial charge in [-0.15, -0.1) is 0 Å². The van der Waals surface area contributed by atoms with Crippen LogP contribution in [0, 0.1) is 5.82 Å². The summed E-state index contributed by atoms with van der Waals surface area (Å²) in [5, 5.41) is 3.31. The summed E-state index contributed by atoms with van der Waals surface area (Å²) in [4.78, 5) is 10.6. The third-order valence-corrected chi connectivity index (χ3v) is 3.36. The van der Waals surface area contributed by atoms with Crippen LogP contribution in [0.2, 0.25) is 0 Å². The molecule has 0 radical (unpaired) electrons. The van der Waals surface area contributed by atoms with Gasteiger partial charge in [-0.2, -0.15) is 0 Å². The van der Waals surface area contributed by atoms with Crippen molar-refractivity contribution in [1.29, 1.82) is 0 Å². The Kier molecular flexibility index (Phi) is 3.47. The van der Waals surface area contributed by atoms with E-state index in [1.165, 1.54) is 12.1 Å². The maximum absolute atomic E-state index is 13.1. The molecule has 1 aliphatic rings. The number of hydrogen-bond acceptors (Lipinski definition) is 5. The smallest absolute Gasteiger partial charge is 0.220 e. The molecule has 5 nitrogen and oxygen atoms in total. The highest BCUT2D eigenvalue weighted by Crippen LogP contribution is 2.29. The number of benzene rings is 1. The van der Waals surface area contributed by atoms with Gasteiger partial charge in [0.2, 0.25) is 5.95 Å². The molecule has 1 aromatic carbocycles. The fourth-order valence-electron chi connectivity index (χ4n) is 2.35. The van der Waals surface area contributed by atoms with E-state index in [-0.39, 0.29) is 11.8 Å². The number of nitrogens with one attached hydrogen (secondary N) is 1. The van der Waals surface area contributed by atoms with Crippen LogP contribution in [0.1, 0.15) is 0 Å². The molecular formula is C14H16FN5. The van der Waals surface area contributed by atoms with Gasteiger partial charge in [0.05, 0.1) is 17.6 Å². The minimum absolute atomic E-state index is 0.225. The van der Waals surface area contributed by atoms with Crippen LogP contribution in [-0.2, 0) is 0 Å². The van der Waals surface area contributed by atoms with Crippen molar-refractivity contribution in [1.82, 2.24) is 15.3 Å². The van der Waals surface area contributed by atoms with Crippen molar-refractivity contribution in [3.63, 3.8) is 0 Å². The fourth-order valence-corrected chi connectivity index (χ4v) is 2.35. The first-order valence-electron chi connectivity index (χ1n) is 6.58. The zero-order valence-electron chi connectivity index (χ0n) is 11.0. The topological polar surface area (TPSA) is 67.1 Å². The first-order chi connectivity index (χ1) is 9.74. The normalized spacial score (nSPS) is 15.3. The van der Waals surface area contributed by atoms with Crippen LogP contribution in [0.5, 0.6) is 0 Å². The number of rotatable bonds is 2. The number of nitrogens with zero attached hydrogens (tertiary/aromatic N) is 3. The average molecular weight is 273 g/mol. The summed E-state index contributed by atoms with van der Waals surface area (Å²) in [6, 6.07) is 6.27. The van der Waals surface area contributed by atoms with Crippen LogP contribution < -0.4 is 16.0 Å². The van der Waals surface area contributed by atoms with Crippen LogP contribution in [-0.4, -0.2) is 36.1 Å². The largest absolute Gasteiger partial charge is 0.368 e. The van der Waals surface area contributed by atoms with E-state index in [1.807, 2.05) is 0 Å². The first kappa shape index (κ1) is 12.8. The minimum atomic E-state index is -0.264. The molecule has 0 spiro atoms. The van der Waals surface area contributed by atoms with Crippen LogP contribution in [0.4, 0.5) is 16.0 Å². The van der Waals surface area contributed by atoms with Crippen molar-refractivity contribution >= 4 is 11.6 Å². The Morgan fingerprint density at radius 1 is 1.15 bits per heavy atom. The van der Waals surface area contributed by atoms with Crippen LogP contribution in [0.25, 0.3) is 11.3 Å². The number of nitrogens with two attached hydrogens (primary N) is 1. The molecule has 0 bridgehead atoms. The van der Waals surface area contributed by atoms with Gasteiger partial charge in [0.1, 0.15) is 5.82 Å². The van der Waals surface area contributed by atoms with E-state index >= 15 is 0 Å². The molecule has 3 N–H and O–H groups in total. The highest BCUT2D eigenvalue weighted by atomic mass is 19.1. The average Bonchev–Trinajstić information content (AvgIpc) is 2.49. The summed E-state index contributed by atoms with van der Waals surface area (Å²) < 4.78 is 13.1. The molecular weight excluding hydrogens is 257 g/mol. The zero-order valence-corrected chi connectivity index (χ0v) is 11.0. The van der Waals surface area contributed by atoms with E-state index < -0.39 is 0 Å². The molecule has 2 heterocycles. The van der Waals surface area contributed by atoms with Gasteiger partial charge >= 0.3 is 0 Å². The molecule has 104 valence electrons. The van der Waals surface area contributed by atoms with Gasteiger partial charge in [-0.05, 0) is 24.3 Å². The molecule has 0 atom stereocenters. The van der Waals surface area contributed by atoms with Gasteiger partial charge in [0.25, 0.3) is 0 Å². The lowest BCUT2D eigenvalue weighted by Gasteiger charge is -2.30. The Morgan fingerprint density at radius 2 is 1.85 bits per heavy atom. The Labute approximate surface area is 116 Å². The van der Waals surface area contributed by atoms with Crippen LogP contribution in [0.3, 0.4) is 0 Å². The van der Waals surface area contributed by atoms with E-state index in [4.69, 9.17) is 5.73 Å². The number of halogens is 1. The molecule has 1 fully saturated rings. The quantitative estimate of drug-likeness (QED) is 0.862. The Hall–Kier alpha value is -2.21. The van der Waals surface area contributed by atoms with Gasteiger partial charge in [0.15, 0.2) is 0 Å². The Morgan fingerprint density at radius 3 is 2.55 bits per heavy atom. The molecule has 1 aromatic heterocycles. The van der Waals surface area contributed by atoms with Gasteiger partial charge in [0, 0.05) is 31.7 Å². The molecule has 0 aliphatic carbocycles. The van der Waals surface area contributed by atoms with Crippen molar-refractivity contribution in [3.05, 3.63) is 36.3 Å².